The number of ether oxygens (including phenoxy) is 2. The van der Waals surface area contributed by atoms with Crippen LogP contribution in [0.4, 0.5) is 11.8 Å². The third kappa shape index (κ3) is 4.54. The molecule has 0 saturated carbocycles. The summed E-state index contributed by atoms with van der Waals surface area (Å²) in [6, 6.07) is 7.96. The van der Waals surface area contributed by atoms with Gasteiger partial charge in [-0.3, -0.25) is 0 Å². The van der Waals surface area contributed by atoms with Crippen molar-refractivity contribution in [1.29, 1.82) is 0 Å². The highest BCUT2D eigenvalue weighted by atomic mass is 16.5. The SMILES string of the molecule is CCNc1nc(NCCOCCOC)c2ccccc2n1. The van der Waals surface area contributed by atoms with E-state index in [2.05, 4.69) is 20.6 Å². The Bertz CT molecular complexity index is 562. The molecule has 0 spiro atoms. The molecule has 1 aromatic heterocycles. The van der Waals surface area contributed by atoms with Gasteiger partial charge in [-0.05, 0) is 19.1 Å². The molecular weight excluding hydrogens is 268 g/mol. The summed E-state index contributed by atoms with van der Waals surface area (Å²) < 4.78 is 10.4. The van der Waals surface area contributed by atoms with Crippen LogP contribution in [0.3, 0.4) is 0 Å². The molecule has 2 aromatic rings. The fourth-order valence-electron chi connectivity index (χ4n) is 1.93. The first-order chi connectivity index (χ1) is 10.3. The van der Waals surface area contributed by atoms with E-state index in [1.54, 1.807) is 7.11 Å². The molecule has 0 atom stereocenters. The molecule has 2 N–H and O–H groups in total. The Morgan fingerprint density at radius 3 is 2.71 bits per heavy atom. The third-order valence-electron chi connectivity index (χ3n) is 2.91. The number of benzene rings is 1. The number of nitrogens with one attached hydrogen (secondary N) is 2. The Balaban J connectivity index is 2.03. The lowest BCUT2D eigenvalue weighted by atomic mass is 10.2. The van der Waals surface area contributed by atoms with Gasteiger partial charge in [0, 0.05) is 25.6 Å². The second-order valence-corrected chi connectivity index (χ2v) is 4.48. The summed E-state index contributed by atoms with van der Waals surface area (Å²) in [6.45, 7) is 5.33. The first-order valence-corrected chi connectivity index (χ1v) is 7.16. The first kappa shape index (κ1) is 15.5. The molecule has 0 radical (unpaired) electrons. The summed E-state index contributed by atoms with van der Waals surface area (Å²) in [5, 5.41) is 7.47. The van der Waals surface area contributed by atoms with Crippen molar-refractivity contribution < 1.29 is 9.47 Å². The molecule has 0 aliphatic rings. The van der Waals surface area contributed by atoms with Gasteiger partial charge in [-0.15, -0.1) is 0 Å². The van der Waals surface area contributed by atoms with Crippen LogP contribution in [0.15, 0.2) is 24.3 Å². The van der Waals surface area contributed by atoms with E-state index in [4.69, 9.17) is 9.47 Å². The van der Waals surface area contributed by atoms with E-state index in [1.807, 2.05) is 31.2 Å². The van der Waals surface area contributed by atoms with Gasteiger partial charge in [0.2, 0.25) is 5.95 Å². The third-order valence-corrected chi connectivity index (χ3v) is 2.91. The van der Waals surface area contributed by atoms with Crippen molar-refractivity contribution >= 4 is 22.7 Å². The number of aromatic nitrogens is 2. The van der Waals surface area contributed by atoms with Gasteiger partial charge >= 0.3 is 0 Å². The maximum absolute atomic E-state index is 5.44. The van der Waals surface area contributed by atoms with E-state index in [0.29, 0.717) is 32.3 Å². The zero-order valence-corrected chi connectivity index (χ0v) is 12.6. The second kappa shape index (κ2) is 8.39. The molecule has 1 heterocycles. The van der Waals surface area contributed by atoms with E-state index >= 15 is 0 Å². The molecule has 0 aliphatic carbocycles. The topological polar surface area (TPSA) is 68.3 Å². The minimum Gasteiger partial charge on any atom is -0.382 e. The molecule has 0 amide bonds. The van der Waals surface area contributed by atoms with Crippen LogP contribution >= 0.6 is 0 Å². The van der Waals surface area contributed by atoms with Crippen LogP contribution in [0.25, 0.3) is 10.9 Å². The molecule has 0 unspecified atom stereocenters. The molecule has 114 valence electrons. The Hall–Kier alpha value is -1.92. The number of rotatable bonds is 9. The van der Waals surface area contributed by atoms with Crippen molar-refractivity contribution in [2.75, 3.05) is 50.7 Å². The summed E-state index contributed by atoms with van der Waals surface area (Å²) >= 11 is 0. The van der Waals surface area contributed by atoms with Gasteiger partial charge in [0.1, 0.15) is 5.82 Å². The lowest BCUT2D eigenvalue weighted by Crippen LogP contribution is -2.14. The fraction of sp³-hybridized carbons (Fsp3) is 0.467. The van der Waals surface area contributed by atoms with Crippen molar-refractivity contribution in [3.05, 3.63) is 24.3 Å². The summed E-state index contributed by atoms with van der Waals surface area (Å²) in [5.74, 6) is 1.46. The molecule has 0 saturated heterocycles. The Morgan fingerprint density at radius 2 is 1.90 bits per heavy atom. The summed E-state index contributed by atoms with van der Waals surface area (Å²) in [4.78, 5) is 9.00. The van der Waals surface area contributed by atoms with Crippen LogP contribution in [-0.2, 0) is 9.47 Å². The van der Waals surface area contributed by atoms with Crippen molar-refractivity contribution in [1.82, 2.24) is 9.97 Å². The molecule has 0 aliphatic heterocycles. The zero-order valence-electron chi connectivity index (χ0n) is 12.6. The van der Waals surface area contributed by atoms with Gasteiger partial charge in [-0.1, -0.05) is 12.1 Å². The summed E-state index contributed by atoms with van der Waals surface area (Å²) in [6.07, 6.45) is 0. The second-order valence-electron chi connectivity index (χ2n) is 4.48. The highest BCUT2D eigenvalue weighted by molar-refractivity contribution is 5.89. The number of para-hydroxylation sites is 1. The Morgan fingerprint density at radius 1 is 1.05 bits per heavy atom. The van der Waals surface area contributed by atoms with Crippen LogP contribution in [-0.4, -0.2) is 50.0 Å². The van der Waals surface area contributed by atoms with Gasteiger partial charge in [-0.2, -0.15) is 4.98 Å². The smallest absolute Gasteiger partial charge is 0.225 e. The quantitative estimate of drug-likeness (QED) is 0.690. The first-order valence-electron chi connectivity index (χ1n) is 7.16. The number of nitrogens with zero attached hydrogens (tertiary/aromatic N) is 2. The van der Waals surface area contributed by atoms with Crippen molar-refractivity contribution in [2.24, 2.45) is 0 Å². The standard InChI is InChI=1S/C15H22N4O2/c1-3-16-15-18-13-7-5-4-6-12(13)14(19-15)17-8-9-21-11-10-20-2/h4-7H,3,8-11H2,1-2H3,(H2,16,17,18,19). The molecular formula is C15H22N4O2. The highest BCUT2D eigenvalue weighted by Crippen LogP contribution is 2.21. The average molecular weight is 290 g/mol. The minimum absolute atomic E-state index is 0.603. The van der Waals surface area contributed by atoms with Gasteiger partial charge in [-0.25, -0.2) is 4.98 Å². The molecule has 0 bridgehead atoms. The highest BCUT2D eigenvalue weighted by Gasteiger charge is 2.06. The van der Waals surface area contributed by atoms with Crippen LogP contribution in [0.5, 0.6) is 0 Å². The van der Waals surface area contributed by atoms with Crippen molar-refractivity contribution in [3.8, 4) is 0 Å². The number of hydrogen-bond donors (Lipinski definition) is 2. The maximum Gasteiger partial charge on any atom is 0.225 e. The molecule has 1 aromatic carbocycles. The normalized spacial score (nSPS) is 10.8. The van der Waals surface area contributed by atoms with Crippen LogP contribution in [0.2, 0.25) is 0 Å². The van der Waals surface area contributed by atoms with E-state index in [1.165, 1.54) is 0 Å². The van der Waals surface area contributed by atoms with Crippen LogP contribution in [0.1, 0.15) is 6.92 Å². The largest absolute Gasteiger partial charge is 0.382 e. The summed E-state index contributed by atoms with van der Waals surface area (Å²) in [7, 11) is 1.66. The van der Waals surface area contributed by atoms with Crippen LogP contribution in [0, 0.1) is 0 Å². The van der Waals surface area contributed by atoms with E-state index in [9.17, 15) is 0 Å². The number of anilines is 2. The number of methoxy groups -OCH3 is 1. The molecule has 2 rings (SSSR count). The van der Waals surface area contributed by atoms with E-state index in [-0.39, 0.29) is 0 Å². The maximum atomic E-state index is 5.44. The predicted octanol–water partition coefficient (Wildman–Crippen LogP) is 2.14. The Kier molecular flexibility index (Phi) is 6.18. The van der Waals surface area contributed by atoms with Crippen molar-refractivity contribution in [3.63, 3.8) is 0 Å². The molecule has 6 nitrogen and oxygen atoms in total. The van der Waals surface area contributed by atoms with E-state index < -0.39 is 0 Å². The lowest BCUT2D eigenvalue weighted by Gasteiger charge is -2.11. The number of hydrogen-bond acceptors (Lipinski definition) is 6. The Labute approximate surface area is 124 Å². The zero-order chi connectivity index (χ0) is 14.9. The van der Waals surface area contributed by atoms with Crippen LogP contribution < -0.4 is 10.6 Å². The van der Waals surface area contributed by atoms with Crippen molar-refractivity contribution in [2.45, 2.75) is 6.92 Å². The monoisotopic (exact) mass is 290 g/mol. The lowest BCUT2D eigenvalue weighted by molar-refractivity contribution is 0.0759. The fourth-order valence-corrected chi connectivity index (χ4v) is 1.93. The van der Waals surface area contributed by atoms with Gasteiger partial charge in [0.15, 0.2) is 0 Å². The van der Waals surface area contributed by atoms with E-state index in [0.717, 1.165) is 23.3 Å². The molecule has 21 heavy (non-hydrogen) atoms. The average Bonchev–Trinajstić information content (AvgIpc) is 2.51. The predicted molar refractivity (Wildman–Crippen MR) is 84.9 cm³/mol. The van der Waals surface area contributed by atoms with Gasteiger partial charge in [0.25, 0.3) is 0 Å². The molecule has 0 fully saturated rings. The minimum atomic E-state index is 0.603. The van der Waals surface area contributed by atoms with Gasteiger partial charge in [0.05, 0.1) is 25.3 Å². The summed E-state index contributed by atoms with van der Waals surface area (Å²) in [5.41, 5.74) is 0.922. The number of fused-ring (bicyclic) bond motifs is 1. The molecule has 6 heteroatoms. The van der Waals surface area contributed by atoms with Gasteiger partial charge < -0.3 is 20.1 Å².